The molecule has 1 atom stereocenters. The van der Waals surface area contributed by atoms with Crippen LogP contribution in [-0.4, -0.2) is 62.5 Å². The fourth-order valence-corrected chi connectivity index (χ4v) is 4.43. The van der Waals surface area contributed by atoms with Crippen molar-refractivity contribution in [2.75, 3.05) is 26.7 Å². The van der Waals surface area contributed by atoms with E-state index in [1.54, 1.807) is 12.4 Å². The molecule has 2 fully saturated rings. The number of carbonyl (C=O) groups excluding carboxylic acids is 1. The first kappa shape index (κ1) is 17.9. The predicted molar refractivity (Wildman–Crippen MR) is 105 cm³/mol. The summed E-state index contributed by atoms with van der Waals surface area (Å²) in [5, 5.41) is 4.23. The van der Waals surface area contributed by atoms with Crippen LogP contribution in [0.25, 0.3) is 11.5 Å². The molecular weight excluding hydrogens is 368 g/mol. The Morgan fingerprint density at radius 2 is 1.93 bits per heavy atom. The van der Waals surface area contributed by atoms with Crippen molar-refractivity contribution in [1.82, 2.24) is 29.9 Å². The van der Waals surface area contributed by atoms with E-state index in [0.29, 0.717) is 30.5 Å². The van der Waals surface area contributed by atoms with E-state index in [2.05, 4.69) is 32.1 Å². The monoisotopic (exact) mass is 390 g/mol. The van der Waals surface area contributed by atoms with E-state index in [9.17, 15) is 4.79 Å². The van der Waals surface area contributed by atoms with Crippen LogP contribution in [0.4, 0.5) is 0 Å². The third kappa shape index (κ3) is 3.19. The van der Waals surface area contributed by atoms with Crippen molar-refractivity contribution in [2.24, 2.45) is 5.41 Å². The van der Waals surface area contributed by atoms with Crippen LogP contribution >= 0.6 is 0 Å². The molecule has 4 heterocycles. The van der Waals surface area contributed by atoms with Gasteiger partial charge in [0, 0.05) is 36.8 Å². The number of aryl methyl sites for hydroxylation is 1. The first-order valence-corrected chi connectivity index (χ1v) is 9.70. The molecule has 1 amide bonds. The molecule has 5 rings (SSSR count). The van der Waals surface area contributed by atoms with Gasteiger partial charge in [0.25, 0.3) is 11.8 Å². The molecule has 0 N–H and O–H groups in total. The summed E-state index contributed by atoms with van der Waals surface area (Å²) < 4.78 is 5.49. The van der Waals surface area contributed by atoms with Crippen LogP contribution in [-0.2, 0) is 0 Å². The second-order valence-corrected chi connectivity index (χ2v) is 8.16. The van der Waals surface area contributed by atoms with Crippen LogP contribution in [0.15, 0.2) is 47.2 Å². The molecule has 29 heavy (non-hydrogen) atoms. The number of carbonyl (C=O) groups is 1. The van der Waals surface area contributed by atoms with Crippen LogP contribution in [0.3, 0.4) is 0 Å². The quantitative estimate of drug-likeness (QED) is 0.678. The van der Waals surface area contributed by atoms with Gasteiger partial charge >= 0.3 is 0 Å². The maximum atomic E-state index is 12.6. The summed E-state index contributed by atoms with van der Waals surface area (Å²) in [5.74, 6) is 1.19. The van der Waals surface area contributed by atoms with Crippen molar-refractivity contribution in [3.8, 4) is 11.5 Å². The Labute approximate surface area is 168 Å². The number of likely N-dealkylation sites (tertiary alicyclic amines) is 2. The highest BCUT2D eigenvalue weighted by atomic mass is 16.5. The topological polar surface area (TPSA) is 88.2 Å². The van der Waals surface area contributed by atoms with Gasteiger partial charge in [0.05, 0.1) is 17.9 Å². The molecule has 3 aromatic rings. The lowest BCUT2D eigenvalue weighted by Gasteiger charge is -2.47. The molecule has 1 unspecified atom stereocenters. The average Bonchev–Trinajstić information content (AvgIpc) is 3.32. The number of rotatable bonds is 3. The van der Waals surface area contributed by atoms with Gasteiger partial charge in [0.2, 0.25) is 0 Å². The average molecular weight is 390 g/mol. The van der Waals surface area contributed by atoms with E-state index < -0.39 is 0 Å². The highest BCUT2D eigenvalue weighted by Gasteiger charge is 2.53. The Morgan fingerprint density at radius 1 is 1.14 bits per heavy atom. The van der Waals surface area contributed by atoms with Gasteiger partial charge in [0.15, 0.2) is 5.82 Å². The third-order valence-corrected chi connectivity index (χ3v) is 5.84. The van der Waals surface area contributed by atoms with Gasteiger partial charge in [-0.15, -0.1) is 0 Å². The van der Waals surface area contributed by atoms with Crippen molar-refractivity contribution in [2.45, 2.75) is 19.4 Å². The highest BCUT2D eigenvalue weighted by Crippen LogP contribution is 2.47. The van der Waals surface area contributed by atoms with E-state index in [1.165, 1.54) is 0 Å². The van der Waals surface area contributed by atoms with E-state index in [0.717, 1.165) is 24.2 Å². The van der Waals surface area contributed by atoms with Crippen molar-refractivity contribution >= 4 is 5.91 Å². The summed E-state index contributed by atoms with van der Waals surface area (Å²) >= 11 is 0. The number of aromatic nitrogens is 4. The van der Waals surface area contributed by atoms with Gasteiger partial charge in [-0.3, -0.25) is 14.7 Å². The zero-order valence-corrected chi connectivity index (χ0v) is 16.4. The van der Waals surface area contributed by atoms with Crippen molar-refractivity contribution in [3.05, 3.63) is 59.9 Å². The number of hydrogen-bond donors (Lipinski definition) is 0. The number of nitrogens with zero attached hydrogens (tertiary/aromatic N) is 6. The Balaban J connectivity index is 1.27. The van der Waals surface area contributed by atoms with Crippen LogP contribution < -0.4 is 0 Å². The Morgan fingerprint density at radius 3 is 2.66 bits per heavy atom. The first-order valence-electron chi connectivity index (χ1n) is 9.70. The molecule has 0 aliphatic carbocycles. The molecule has 2 saturated heterocycles. The van der Waals surface area contributed by atoms with Gasteiger partial charge in [-0.2, -0.15) is 4.98 Å². The molecule has 0 bridgehead atoms. The lowest BCUT2D eigenvalue weighted by atomic mass is 9.77. The van der Waals surface area contributed by atoms with Crippen LogP contribution in [0.1, 0.15) is 34.5 Å². The van der Waals surface area contributed by atoms with E-state index >= 15 is 0 Å². The Bertz CT molecular complexity index is 1030. The van der Waals surface area contributed by atoms with Gasteiger partial charge < -0.3 is 9.42 Å². The lowest BCUT2D eigenvalue weighted by Crippen LogP contribution is -2.59. The molecule has 8 nitrogen and oxygen atoms in total. The summed E-state index contributed by atoms with van der Waals surface area (Å²) in [5.41, 5.74) is 2.19. The number of hydrogen-bond acceptors (Lipinski definition) is 7. The minimum Gasteiger partial charge on any atom is -0.336 e. The molecule has 2 aliphatic rings. The van der Waals surface area contributed by atoms with Crippen LogP contribution in [0.2, 0.25) is 0 Å². The van der Waals surface area contributed by atoms with Crippen molar-refractivity contribution in [3.63, 3.8) is 0 Å². The standard InChI is InChI=1S/C21H22N6O2/c1-14-9-23-16(10-22-14)20(28)27-12-21(13-27)8-17(26(2)11-21)18-24-19(29-25-18)15-6-4-3-5-7-15/h3-7,9-10,17H,8,11-13H2,1-2H3. The molecule has 2 aliphatic heterocycles. The van der Waals surface area contributed by atoms with Gasteiger partial charge in [-0.1, -0.05) is 23.4 Å². The SMILES string of the molecule is Cc1cnc(C(=O)N2CC3(CC(c4noc(-c5ccccc5)n4)N(C)C3)C2)cn1. The minimum absolute atomic E-state index is 0.0554. The zero-order valence-electron chi connectivity index (χ0n) is 16.4. The normalized spacial score (nSPS) is 20.8. The smallest absolute Gasteiger partial charge is 0.274 e. The number of amides is 1. The highest BCUT2D eigenvalue weighted by molar-refractivity contribution is 5.92. The van der Waals surface area contributed by atoms with E-state index in [1.807, 2.05) is 42.2 Å². The Kier molecular flexibility index (Phi) is 4.16. The fourth-order valence-electron chi connectivity index (χ4n) is 4.43. The summed E-state index contributed by atoms with van der Waals surface area (Å²) in [7, 11) is 2.08. The minimum atomic E-state index is -0.0554. The van der Waals surface area contributed by atoms with Gasteiger partial charge in [0.1, 0.15) is 5.69 Å². The molecule has 8 heteroatoms. The zero-order chi connectivity index (χ0) is 20.0. The summed E-state index contributed by atoms with van der Waals surface area (Å²) in [4.78, 5) is 29.8. The van der Waals surface area contributed by atoms with E-state index in [4.69, 9.17) is 4.52 Å². The van der Waals surface area contributed by atoms with Crippen molar-refractivity contribution in [1.29, 1.82) is 0 Å². The van der Waals surface area contributed by atoms with Crippen molar-refractivity contribution < 1.29 is 9.32 Å². The molecule has 0 saturated carbocycles. The van der Waals surface area contributed by atoms with Crippen LogP contribution in [0.5, 0.6) is 0 Å². The molecule has 0 radical (unpaired) electrons. The predicted octanol–water partition coefficient (Wildman–Crippen LogP) is 2.35. The molecule has 2 aromatic heterocycles. The summed E-state index contributed by atoms with van der Waals surface area (Å²) in [6.07, 6.45) is 4.08. The fraction of sp³-hybridized carbons (Fsp3) is 0.381. The number of benzene rings is 1. The maximum Gasteiger partial charge on any atom is 0.274 e. The molecular formula is C21H22N6O2. The van der Waals surface area contributed by atoms with Gasteiger partial charge in [-0.25, -0.2) is 4.98 Å². The summed E-state index contributed by atoms with van der Waals surface area (Å²) in [6, 6.07) is 9.87. The lowest BCUT2D eigenvalue weighted by molar-refractivity contribution is 0.0110. The largest absolute Gasteiger partial charge is 0.336 e. The van der Waals surface area contributed by atoms with Crippen LogP contribution in [0, 0.1) is 12.3 Å². The maximum absolute atomic E-state index is 12.6. The molecule has 1 aromatic carbocycles. The molecule has 148 valence electrons. The van der Waals surface area contributed by atoms with Gasteiger partial charge in [-0.05, 0) is 32.5 Å². The summed E-state index contributed by atoms with van der Waals surface area (Å²) in [6.45, 7) is 4.18. The molecule has 1 spiro atoms. The Hall–Kier alpha value is -3.13. The second kappa shape index (κ2) is 6.73. The first-order chi connectivity index (χ1) is 14.0. The van der Waals surface area contributed by atoms with E-state index in [-0.39, 0.29) is 17.4 Å². The third-order valence-electron chi connectivity index (χ3n) is 5.84. The second-order valence-electron chi connectivity index (χ2n) is 8.16.